The van der Waals surface area contributed by atoms with Crippen molar-refractivity contribution in [2.45, 2.75) is 51.4 Å². The number of alkyl halides is 3. The zero-order chi connectivity index (χ0) is 31.7. The van der Waals surface area contributed by atoms with Crippen LogP contribution in [0.2, 0.25) is 0 Å². The van der Waals surface area contributed by atoms with Crippen molar-refractivity contribution >= 4 is 11.8 Å². The third-order valence-corrected chi connectivity index (χ3v) is 6.54. The highest BCUT2D eigenvalue weighted by molar-refractivity contribution is 5.94. The number of amides is 2. The van der Waals surface area contributed by atoms with Gasteiger partial charge < -0.3 is 11.1 Å². The summed E-state index contributed by atoms with van der Waals surface area (Å²) in [4.78, 5) is 29.5. The predicted octanol–water partition coefficient (Wildman–Crippen LogP) is 5.88. The van der Waals surface area contributed by atoms with Crippen molar-refractivity contribution < 1.29 is 35.9 Å². The molecular weight excluding hydrogens is 576 g/mol. The van der Waals surface area contributed by atoms with Gasteiger partial charge in [-0.2, -0.15) is 18.3 Å². The normalized spacial score (nSPS) is 12.7. The first-order valence-corrected chi connectivity index (χ1v) is 13.0. The van der Waals surface area contributed by atoms with Gasteiger partial charge in [-0.05, 0) is 53.9 Å². The molecule has 1 atom stereocenters. The van der Waals surface area contributed by atoms with E-state index in [-0.39, 0.29) is 23.4 Å². The lowest BCUT2D eigenvalue weighted by atomic mass is 9.92. The van der Waals surface area contributed by atoms with E-state index in [0.717, 1.165) is 28.9 Å². The standard InChI is InChI=1S/C30H27F6N5O2/c1-29(2,3)25-14-24(30(34,35)36)40-41(25)15-26(42)39-23(11-16-9-18(31)13-19(32)10-16)27-20(5-4-8-38-27)17-6-7-22(33)21(12-17)28(37)43/h4-10,12-14,23H,11,15H2,1-3H3,(H2,37,43)(H,39,42). The lowest BCUT2D eigenvalue weighted by molar-refractivity contribution is -0.141. The number of nitrogens with one attached hydrogen (secondary N) is 1. The monoisotopic (exact) mass is 603 g/mol. The molecule has 2 heterocycles. The summed E-state index contributed by atoms with van der Waals surface area (Å²) in [5, 5.41) is 6.31. The molecule has 0 aliphatic carbocycles. The molecule has 0 spiro atoms. The molecule has 4 rings (SSSR count). The Kier molecular flexibility index (Phi) is 8.65. The Balaban J connectivity index is 1.76. The molecule has 0 saturated heterocycles. The molecule has 0 aliphatic rings. The van der Waals surface area contributed by atoms with Crippen LogP contribution in [0.25, 0.3) is 11.1 Å². The van der Waals surface area contributed by atoms with Gasteiger partial charge in [0.1, 0.15) is 24.0 Å². The maximum atomic E-state index is 14.2. The minimum absolute atomic E-state index is 0.144. The summed E-state index contributed by atoms with van der Waals surface area (Å²) in [6.45, 7) is 4.40. The molecule has 7 nitrogen and oxygen atoms in total. The Morgan fingerprint density at radius 3 is 2.26 bits per heavy atom. The molecule has 0 bridgehead atoms. The Labute approximate surface area is 242 Å². The first kappa shape index (κ1) is 31.3. The number of nitrogens with two attached hydrogens (primary N) is 1. The van der Waals surface area contributed by atoms with Crippen molar-refractivity contribution in [3.05, 3.63) is 106 Å². The number of nitrogens with zero attached hydrogens (tertiary/aromatic N) is 3. The van der Waals surface area contributed by atoms with Gasteiger partial charge in [0.2, 0.25) is 5.91 Å². The minimum Gasteiger partial charge on any atom is -0.366 e. The number of carbonyl (C=O) groups excluding carboxylic acids is 2. The van der Waals surface area contributed by atoms with Gasteiger partial charge in [-0.3, -0.25) is 19.3 Å². The summed E-state index contributed by atoms with van der Waals surface area (Å²) >= 11 is 0. The topological polar surface area (TPSA) is 103 Å². The van der Waals surface area contributed by atoms with Crippen molar-refractivity contribution in [3.63, 3.8) is 0 Å². The molecular formula is C30H27F6N5O2. The summed E-state index contributed by atoms with van der Waals surface area (Å²) in [5.41, 5.74) is 4.06. The van der Waals surface area contributed by atoms with Gasteiger partial charge in [-0.15, -0.1) is 0 Å². The van der Waals surface area contributed by atoms with Crippen LogP contribution < -0.4 is 11.1 Å². The minimum atomic E-state index is -4.74. The van der Waals surface area contributed by atoms with E-state index in [0.29, 0.717) is 17.2 Å². The van der Waals surface area contributed by atoms with Gasteiger partial charge in [0.25, 0.3) is 5.91 Å². The fourth-order valence-corrected chi connectivity index (χ4v) is 4.66. The molecule has 226 valence electrons. The predicted molar refractivity (Wildman–Crippen MR) is 145 cm³/mol. The van der Waals surface area contributed by atoms with E-state index in [1.54, 1.807) is 32.9 Å². The first-order valence-electron chi connectivity index (χ1n) is 13.0. The molecule has 0 radical (unpaired) electrons. The second-order valence-corrected chi connectivity index (χ2v) is 10.9. The van der Waals surface area contributed by atoms with Gasteiger partial charge in [0, 0.05) is 28.9 Å². The third-order valence-electron chi connectivity index (χ3n) is 6.54. The second kappa shape index (κ2) is 11.9. The number of halogens is 6. The molecule has 4 aromatic rings. The third kappa shape index (κ3) is 7.40. The SMILES string of the molecule is CC(C)(C)c1cc(C(F)(F)F)nn1CC(=O)NC(Cc1cc(F)cc(F)c1)c1ncccc1-c1ccc(F)c(C(N)=O)c1. The zero-order valence-corrected chi connectivity index (χ0v) is 23.3. The largest absolute Gasteiger partial charge is 0.435 e. The summed E-state index contributed by atoms with van der Waals surface area (Å²) in [5.74, 6) is -4.36. The quantitative estimate of drug-likeness (QED) is 0.246. The highest BCUT2D eigenvalue weighted by Gasteiger charge is 2.37. The van der Waals surface area contributed by atoms with Crippen LogP contribution in [-0.2, 0) is 29.4 Å². The Morgan fingerprint density at radius 2 is 1.65 bits per heavy atom. The number of rotatable bonds is 8. The van der Waals surface area contributed by atoms with E-state index < -0.39 is 64.7 Å². The second-order valence-electron chi connectivity index (χ2n) is 10.9. The van der Waals surface area contributed by atoms with E-state index in [2.05, 4.69) is 15.4 Å². The number of benzene rings is 2. The molecule has 0 fully saturated rings. The van der Waals surface area contributed by atoms with Crippen LogP contribution in [0.4, 0.5) is 26.3 Å². The van der Waals surface area contributed by atoms with E-state index in [1.807, 2.05) is 0 Å². The molecule has 2 aromatic carbocycles. The average molecular weight is 604 g/mol. The number of carbonyl (C=O) groups is 2. The summed E-state index contributed by atoms with van der Waals surface area (Å²) < 4.78 is 83.7. The summed E-state index contributed by atoms with van der Waals surface area (Å²) in [6, 6.07) is 9.33. The van der Waals surface area contributed by atoms with Crippen molar-refractivity contribution in [3.8, 4) is 11.1 Å². The van der Waals surface area contributed by atoms with Gasteiger partial charge >= 0.3 is 6.18 Å². The number of primary amides is 1. The number of pyridine rings is 1. The van der Waals surface area contributed by atoms with Crippen molar-refractivity contribution in [1.29, 1.82) is 0 Å². The average Bonchev–Trinajstić information content (AvgIpc) is 3.33. The Hall–Kier alpha value is -4.68. The van der Waals surface area contributed by atoms with Crippen LogP contribution in [0.3, 0.4) is 0 Å². The zero-order valence-electron chi connectivity index (χ0n) is 23.3. The van der Waals surface area contributed by atoms with Crippen LogP contribution >= 0.6 is 0 Å². The molecule has 0 aliphatic heterocycles. The van der Waals surface area contributed by atoms with Crippen molar-refractivity contribution in [2.24, 2.45) is 5.73 Å². The number of aromatic nitrogens is 3. The first-order chi connectivity index (χ1) is 20.0. The molecule has 0 saturated carbocycles. The highest BCUT2D eigenvalue weighted by atomic mass is 19.4. The van der Waals surface area contributed by atoms with Gasteiger partial charge in [0.15, 0.2) is 5.69 Å². The molecule has 43 heavy (non-hydrogen) atoms. The van der Waals surface area contributed by atoms with Crippen molar-refractivity contribution in [2.75, 3.05) is 0 Å². The number of hydrogen-bond acceptors (Lipinski definition) is 4. The van der Waals surface area contributed by atoms with Gasteiger partial charge in [-0.25, -0.2) is 13.2 Å². The summed E-state index contributed by atoms with van der Waals surface area (Å²) in [6.07, 6.45) is -3.54. The van der Waals surface area contributed by atoms with Crippen LogP contribution in [0.5, 0.6) is 0 Å². The van der Waals surface area contributed by atoms with Gasteiger partial charge in [0.05, 0.1) is 17.3 Å². The molecule has 1 unspecified atom stereocenters. The van der Waals surface area contributed by atoms with Crippen LogP contribution in [-0.4, -0.2) is 26.6 Å². The maximum absolute atomic E-state index is 14.2. The fraction of sp³-hybridized carbons (Fsp3) is 0.267. The van der Waals surface area contributed by atoms with Crippen LogP contribution in [0, 0.1) is 17.5 Å². The number of hydrogen-bond donors (Lipinski definition) is 2. The molecule has 13 heteroatoms. The van der Waals surface area contributed by atoms with E-state index in [4.69, 9.17) is 5.73 Å². The van der Waals surface area contributed by atoms with E-state index in [9.17, 15) is 35.9 Å². The lowest BCUT2D eigenvalue weighted by Crippen LogP contribution is -2.35. The summed E-state index contributed by atoms with van der Waals surface area (Å²) in [7, 11) is 0. The molecule has 2 aromatic heterocycles. The van der Waals surface area contributed by atoms with Crippen molar-refractivity contribution in [1.82, 2.24) is 20.1 Å². The van der Waals surface area contributed by atoms with E-state index in [1.165, 1.54) is 18.3 Å². The lowest BCUT2D eigenvalue weighted by Gasteiger charge is -2.23. The van der Waals surface area contributed by atoms with Crippen LogP contribution in [0.15, 0.2) is 60.8 Å². The maximum Gasteiger partial charge on any atom is 0.435 e. The Morgan fingerprint density at radius 1 is 0.977 bits per heavy atom. The smallest absolute Gasteiger partial charge is 0.366 e. The van der Waals surface area contributed by atoms with Crippen LogP contribution in [0.1, 0.15) is 59.8 Å². The fourth-order valence-electron chi connectivity index (χ4n) is 4.66. The highest BCUT2D eigenvalue weighted by Crippen LogP contribution is 2.33. The molecule has 3 N–H and O–H groups in total. The van der Waals surface area contributed by atoms with Gasteiger partial charge in [-0.1, -0.05) is 32.9 Å². The van der Waals surface area contributed by atoms with E-state index >= 15 is 0 Å². The molecule has 2 amide bonds. The Bertz CT molecular complexity index is 1660.